The Bertz CT molecular complexity index is 355. The van der Waals surface area contributed by atoms with E-state index < -0.39 is 0 Å². The van der Waals surface area contributed by atoms with Crippen LogP contribution in [0.25, 0.3) is 0 Å². The van der Waals surface area contributed by atoms with Crippen molar-refractivity contribution in [3.05, 3.63) is 23.5 Å². The zero-order valence-electron chi connectivity index (χ0n) is 11.0. The van der Waals surface area contributed by atoms with E-state index in [0.717, 1.165) is 28.1 Å². The molecule has 1 atom stereocenters. The molecule has 0 saturated carbocycles. The van der Waals surface area contributed by atoms with Gasteiger partial charge in [-0.3, -0.25) is 4.98 Å². The van der Waals surface area contributed by atoms with Crippen molar-refractivity contribution < 1.29 is 4.74 Å². The predicted molar refractivity (Wildman–Crippen MR) is 79.9 cm³/mol. The number of nitrogens with zero attached hydrogens (tertiary/aromatic N) is 1. The Labute approximate surface area is 117 Å². The Hall–Kier alpha value is -0.360. The van der Waals surface area contributed by atoms with Gasteiger partial charge in [-0.05, 0) is 12.8 Å². The molecule has 0 aliphatic heterocycles. The number of pyridine rings is 1. The molecule has 1 heterocycles. The van der Waals surface area contributed by atoms with Gasteiger partial charge in [0.05, 0.1) is 12.8 Å². The lowest BCUT2D eigenvalue weighted by Gasteiger charge is -2.20. The molecule has 0 spiro atoms. The van der Waals surface area contributed by atoms with Gasteiger partial charge < -0.3 is 10.1 Å². The van der Waals surface area contributed by atoms with Crippen molar-refractivity contribution in [1.29, 1.82) is 0 Å². The summed E-state index contributed by atoms with van der Waals surface area (Å²) in [7, 11) is 1.69. The summed E-state index contributed by atoms with van der Waals surface area (Å²) in [6, 6.07) is 4.47. The van der Waals surface area contributed by atoms with Gasteiger partial charge in [-0.15, -0.1) is 0 Å². The summed E-state index contributed by atoms with van der Waals surface area (Å²) in [5, 5.41) is 3.54. The maximum atomic E-state index is 5.25. The maximum Gasteiger partial charge on any atom is 0.122 e. The minimum atomic E-state index is 0.531. The molecule has 0 fully saturated rings. The topological polar surface area (TPSA) is 34.1 Å². The van der Waals surface area contributed by atoms with Gasteiger partial charge >= 0.3 is 0 Å². The number of ether oxygens (including phenoxy) is 1. The number of alkyl halides is 1. The molecular formula is C13H21IN2O. The van der Waals surface area contributed by atoms with Crippen molar-refractivity contribution in [3.8, 4) is 5.75 Å². The molecule has 4 heteroatoms. The first-order chi connectivity index (χ1) is 8.06. The summed E-state index contributed by atoms with van der Waals surface area (Å²) in [5.41, 5.74) is 2.04. The van der Waals surface area contributed by atoms with Crippen molar-refractivity contribution in [2.75, 3.05) is 11.5 Å². The van der Waals surface area contributed by atoms with E-state index in [1.165, 1.54) is 0 Å². The molecule has 0 aliphatic rings. The quantitative estimate of drug-likeness (QED) is 0.634. The second-order valence-corrected chi connectivity index (χ2v) is 5.41. The zero-order valence-corrected chi connectivity index (χ0v) is 13.1. The van der Waals surface area contributed by atoms with E-state index in [1.807, 2.05) is 19.1 Å². The number of rotatable bonds is 6. The minimum Gasteiger partial charge on any atom is -0.497 e. The van der Waals surface area contributed by atoms with Crippen LogP contribution in [-0.4, -0.2) is 22.6 Å². The normalized spacial score (nSPS) is 12.8. The van der Waals surface area contributed by atoms with Gasteiger partial charge in [-0.2, -0.15) is 0 Å². The minimum absolute atomic E-state index is 0.531. The summed E-state index contributed by atoms with van der Waals surface area (Å²) in [6.07, 6.45) is 0. The predicted octanol–water partition coefficient (Wildman–Crippen LogP) is 2.95. The van der Waals surface area contributed by atoms with Crippen LogP contribution in [0, 0.1) is 12.8 Å². The fraction of sp³-hybridized carbons (Fsp3) is 0.615. The van der Waals surface area contributed by atoms with Crippen molar-refractivity contribution in [2.45, 2.75) is 33.4 Å². The third kappa shape index (κ3) is 4.79. The lowest BCUT2D eigenvalue weighted by atomic mass is 10.1. The van der Waals surface area contributed by atoms with Gasteiger partial charge in [0, 0.05) is 34.8 Å². The molecule has 1 aromatic rings. The Balaban J connectivity index is 2.65. The van der Waals surface area contributed by atoms with Crippen molar-refractivity contribution in [3.63, 3.8) is 0 Å². The first-order valence-corrected chi connectivity index (χ1v) is 7.40. The lowest BCUT2D eigenvalue weighted by molar-refractivity contribution is 0.410. The molecule has 3 nitrogen and oxygen atoms in total. The maximum absolute atomic E-state index is 5.25. The fourth-order valence-electron chi connectivity index (χ4n) is 1.62. The standard InChI is InChI=1S/C13H21IN2O/c1-9(2)13(7-14)15-8-11-6-12(17-4)5-10(3)16-11/h5-6,9,13,15H,7-8H2,1-4H3. The molecule has 0 amide bonds. The first-order valence-electron chi connectivity index (χ1n) is 5.87. The van der Waals surface area contributed by atoms with Gasteiger partial charge in [-0.25, -0.2) is 0 Å². The smallest absolute Gasteiger partial charge is 0.122 e. The van der Waals surface area contributed by atoms with Gasteiger partial charge in [0.2, 0.25) is 0 Å². The molecule has 96 valence electrons. The highest BCUT2D eigenvalue weighted by Crippen LogP contribution is 2.14. The average Bonchev–Trinajstić information content (AvgIpc) is 2.28. The van der Waals surface area contributed by atoms with E-state index in [-0.39, 0.29) is 0 Å². The fourth-order valence-corrected chi connectivity index (χ4v) is 2.94. The van der Waals surface area contributed by atoms with Gasteiger partial charge in [0.15, 0.2) is 0 Å². The highest BCUT2D eigenvalue weighted by atomic mass is 127. The molecule has 0 bridgehead atoms. The average molecular weight is 348 g/mol. The molecule has 0 aliphatic carbocycles. The van der Waals surface area contributed by atoms with Gasteiger partial charge in [0.25, 0.3) is 0 Å². The van der Waals surface area contributed by atoms with E-state index in [2.05, 4.69) is 46.7 Å². The number of aryl methyl sites for hydroxylation is 1. The van der Waals surface area contributed by atoms with Crippen LogP contribution in [0.15, 0.2) is 12.1 Å². The van der Waals surface area contributed by atoms with Crippen LogP contribution in [0.4, 0.5) is 0 Å². The number of methoxy groups -OCH3 is 1. The van der Waals surface area contributed by atoms with E-state index in [0.29, 0.717) is 12.0 Å². The van der Waals surface area contributed by atoms with Crippen LogP contribution < -0.4 is 10.1 Å². The van der Waals surface area contributed by atoms with Crippen LogP contribution in [0.5, 0.6) is 5.75 Å². The van der Waals surface area contributed by atoms with E-state index >= 15 is 0 Å². The first kappa shape index (κ1) is 14.7. The number of halogens is 1. The van der Waals surface area contributed by atoms with Crippen LogP contribution in [0.3, 0.4) is 0 Å². The SMILES string of the molecule is COc1cc(C)nc(CNC(CI)C(C)C)c1. The number of aromatic nitrogens is 1. The van der Waals surface area contributed by atoms with Crippen molar-refractivity contribution >= 4 is 22.6 Å². The third-order valence-electron chi connectivity index (χ3n) is 2.73. The molecule has 1 unspecified atom stereocenters. The highest BCUT2D eigenvalue weighted by molar-refractivity contribution is 14.1. The zero-order chi connectivity index (χ0) is 12.8. The summed E-state index contributed by atoms with van der Waals surface area (Å²) in [4.78, 5) is 4.50. The lowest BCUT2D eigenvalue weighted by Crippen LogP contribution is -2.34. The van der Waals surface area contributed by atoms with Gasteiger partial charge in [-0.1, -0.05) is 36.4 Å². The highest BCUT2D eigenvalue weighted by Gasteiger charge is 2.11. The Kier molecular flexibility index (Phi) is 6.19. The second-order valence-electron chi connectivity index (χ2n) is 4.53. The number of nitrogens with one attached hydrogen (secondary N) is 1. The second kappa shape index (κ2) is 7.16. The van der Waals surface area contributed by atoms with E-state index in [4.69, 9.17) is 4.74 Å². The van der Waals surface area contributed by atoms with Crippen LogP contribution in [-0.2, 0) is 6.54 Å². The number of hydrogen-bond donors (Lipinski definition) is 1. The number of hydrogen-bond acceptors (Lipinski definition) is 3. The summed E-state index contributed by atoms with van der Waals surface area (Å²) >= 11 is 2.42. The molecule has 0 saturated heterocycles. The van der Waals surface area contributed by atoms with E-state index in [9.17, 15) is 0 Å². The summed E-state index contributed by atoms with van der Waals surface area (Å²) in [6.45, 7) is 7.26. The molecule has 1 N–H and O–H groups in total. The van der Waals surface area contributed by atoms with Crippen molar-refractivity contribution in [1.82, 2.24) is 10.3 Å². The Morgan fingerprint density at radius 1 is 1.41 bits per heavy atom. The molecule has 17 heavy (non-hydrogen) atoms. The molecule has 0 radical (unpaired) electrons. The monoisotopic (exact) mass is 348 g/mol. The Morgan fingerprint density at radius 2 is 2.12 bits per heavy atom. The summed E-state index contributed by atoms with van der Waals surface area (Å²) in [5.74, 6) is 1.52. The largest absolute Gasteiger partial charge is 0.497 e. The third-order valence-corrected chi connectivity index (χ3v) is 3.68. The van der Waals surface area contributed by atoms with E-state index in [1.54, 1.807) is 7.11 Å². The Morgan fingerprint density at radius 3 is 2.65 bits per heavy atom. The summed E-state index contributed by atoms with van der Waals surface area (Å²) < 4.78 is 6.36. The van der Waals surface area contributed by atoms with Crippen LogP contribution >= 0.6 is 22.6 Å². The molecular weight excluding hydrogens is 327 g/mol. The molecule has 1 aromatic heterocycles. The van der Waals surface area contributed by atoms with Crippen LogP contribution in [0.1, 0.15) is 25.2 Å². The van der Waals surface area contributed by atoms with Gasteiger partial charge in [0.1, 0.15) is 5.75 Å². The van der Waals surface area contributed by atoms with Crippen molar-refractivity contribution in [2.24, 2.45) is 5.92 Å². The van der Waals surface area contributed by atoms with Crippen LogP contribution in [0.2, 0.25) is 0 Å². The molecule has 1 rings (SSSR count). The molecule has 0 aromatic carbocycles.